The zero-order chi connectivity index (χ0) is 14.9. The topological polar surface area (TPSA) is 48.0 Å². The zero-order valence-electron chi connectivity index (χ0n) is 12.6. The van der Waals surface area contributed by atoms with Gasteiger partial charge in [0.25, 0.3) is 5.91 Å². The number of carbonyl (C=O) groups is 1. The lowest BCUT2D eigenvalue weighted by molar-refractivity contribution is -0.141. The smallest absolute Gasteiger partial charge is 0.252 e. The Labute approximate surface area is 130 Å². The van der Waals surface area contributed by atoms with Crippen molar-refractivity contribution in [2.75, 3.05) is 26.4 Å². The van der Waals surface area contributed by atoms with E-state index >= 15 is 0 Å². The van der Waals surface area contributed by atoms with Gasteiger partial charge in [0.05, 0.1) is 6.04 Å². The molecule has 0 aliphatic carbocycles. The van der Waals surface area contributed by atoms with Crippen LogP contribution in [-0.4, -0.2) is 43.3 Å². The Morgan fingerprint density at radius 2 is 1.91 bits per heavy atom. The molecule has 0 N–H and O–H groups in total. The molecule has 2 atom stereocenters. The Balaban J connectivity index is 1.56. The lowest BCUT2D eigenvalue weighted by Gasteiger charge is -2.28. The monoisotopic (exact) mass is 303 g/mol. The summed E-state index contributed by atoms with van der Waals surface area (Å²) in [6, 6.07) is 6.17. The molecule has 3 heterocycles. The van der Waals surface area contributed by atoms with Gasteiger partial charge in [-0.25, -0.2) is 0 Å². The highest BCUT2D eigenvalue weighted by Gasteiger charge is 2.36. The van der Waals surface area contributed by atoms with Crippen molar-refractivity contribution in [3.05, 3.63) is 23.8 Å². The average Bonchev–Trinajstić information content (AvgIpc) is 3.25. The Morgan fingerprint density at radius 3 is 2.73 bits per heavy atom. The predicted octanol–water partition coefficient (Wildman–Crippen LogP) is 2.30. The fourth-order valence-electron chi connectivity index (χ4n) is 3.60. The number of amides is 1. The third-order valence-corrected chi connectivity index (χ3v) is 4.69. The number of ether oxygens (including phenoxy) is 3. The molecule has 5 nitrogen and oxygen atoms in total. The van der Waals surface area contributed by atoms with Crippen LogP contribution in [0, 0.1) is 0 Å². The number of nitrogens with zero attached hydrogens (tertiary/aromatic N) is 1. The number of rotatable bonds is 2. The molecule has 0 spiro atoms. The average molecular weight is 303 g/mol. The SMILES string of the molecule is O=C([C@H]1CCCO1)N1CCC[C@H]1c1ccc2c(c1)OCCO2. The van der Waals surface area contributed by atoms with Crippen LogP contribution in [0.5, 0.6) is 11.5 Å². The molecular formula is C17H21NO4. The minimum absolute atomic E-state index is 0.132. The first-order valence-electron chi connectivity index (χ1n) is 8.14. The quantitative estimate of drug-likeness (QED) is 0.841. The standard InChI is InChI=1S/C17H21NO4/c19-17(15-4-2-8-20-15)18-7-1-3-13(18)12-5-6-14-16(11-12)22-10-9-21-14/h5-6,11,13,15H,1-4,7-10H2/t13-,15+/m0/s1. The van der Waals surface area contributed by atoms with Crippen molar-refractivity contribution in [2.24, 2.45) is 0 Å². The first kappa shape index (κ1) is 13.9. The van der Waals surface area contributed by atoms with Crippen LogP contribution in [0.25, 0.3) is 0 Å². The molecule has 1 aromatic carbocycles. The predicted molar refractivity (Wildman–Crippen MR) is 80.1 cm³/mol. The Morgan fingerprint density at radius 1 is 1.05 bits per heavy atom. The van der Waals surface area contributed by atoms with Gasteiger partial charge in [0, 0.05) is 13.2 Å². The van der Waals surface area contributed by atoms with Crippen molar-refractivity contribution in [2.45, 2.75) is 37.8 Å². The summed E-state index contributed by atoms with van der Waals surface area (Å²) < 4.78 is 16.8. The van der Waals surface area contributed by atoms with Gasteiger partial charge in [-0.05, 0) is 43.4 Å². The molecule has 1 amide bonds. The van der Waals surface area contributed by atoms with E-state index < -0.39 is 0 Å². The summed E-state index contributed by atoms with van der Waals surface area (Å²) in [5.74, 6) is 1.74. The maximum absolute atomic E-state index is 12.7. The van der Waals surface area contributed by atoms with E-state index in [0.29, 0.717) is 19.8 Å². The van der Waals surface area contributed by atoms with Gasteiger partial charge in [-0.2, -0.15) is 0 Å². The normalized spacial score (nSPS) is 27.2. The van der Waals surface area contributed by atoms with Gasteiger partial charge in [0.15, 0.2) is 11.5 Å². The molecule has 118 valence electrons. The van der Waals surface area contributed by atoms with Crippen molar-refractivity contribution >= 4 is 5.91 Å². The van der Waals surface area contributed by atoms with E-state index in [1.807, 2.05) is 17.0 Å². The molecule has 0 saturated carbocycles. The van der Waals surface area contributed by atoms with Gasteiger partial charge in [-0.3, -0.25) is 4.79 Å². The molecule has 1 aromatic rings. The number of hydrogen-bond acceptors (Lipinski definition) is 4. The second-order valence-corrected chi connectivity index (χ2v) is 6.09. The number of hydrogen-bond donors (Lipinski definition) is 0. The summed E-state index contributed by atoms with van der Waals surface area (Å²) in [6.45, 7) is 2.70. The number of fused-ring (bicyclic) bond motifs is 1. The van der Waals surface area contributed by atoms with Crippen LogP contribution in [0.4, 0.5) is 0 Å². The number of carbonyl (C=O) groups excluding carboxylic acids is 1. The van der Waals surface area contributed by atoms with E-state index in [9.17, 15) is 4.79 Å². The molecule has 2 fully saturated rings. The van der Waals surface area contributed by atoms with Crippen molar-refractivity contribution in [1.82, 2.24) is 4.90 Å². The van der Waals surface area contributed by atoms with Crippen molar-refractivity contribution in [3.8, 4) is 11.5 Å². The van der Waals surface area contributed by atoms with Gasteiger partial charge >= 0.3 is 0 Å². The molecular weight excluding hydrogens is 282 g/mol. The first-order chi connectivity index (χ1) is 10.8. The van der Waals surface area contributed by atoms with Gasteiger partial charge in [0.2, 0.25) is 0 Å². The molecule has 5 heteroatoms. The molecule has 3 aliphatic heterocycles. The van der Waals surface area contributed by atoms with E-state index in [1.54, 1.807) is 0 Å². The maximum atomic E-state index is 12.7. The minimum Gasteiger partial charge on any atom is -0.486 e. The Hall–Kier alpha value is -1.75. The number of benzene rings is 1. The Bertz CT molecular complexity index is 568. The molecule has 0 aromatic heterocycles. The van der Waals surface area contributed by atoms with E-state index in [0.717, 1.165) is 49.3 Å². The second kappa shape index (κ2) is 5.80. The van der Waals surface area contributed by atoms with Crippen molar-refractivity contribution in [3.63, 3.8) is 0 Å². The van der Waals surface area contributed by atoms with E-state index in [4.69, 9.17) is 14.2 Å². The van der Waals surface area contributed by atoms with Crippen LogP contribution in [-0.2, 0) is 9.53 Å². The van der Waals surface area contributed by atoms with E-state index in [2.05, 4.69) is 6.07 Å². The lowest BCUT2D eigenvalue weighted by Crippen LogP contribution is -2.38. The lowest BCUT2D eigenvalue weighted by atomic mass is 10.0. The Kier molecular flexibility index (Phi) is 3.66. The molecule has 3 aliphatic rings. The van der Waals surface area contributed by atoms with Crippen LogP contribution < -0.4 is 9.47 Å². The third kappa shape index (κ3) is 2.43. The highest BCUT2D eigenvalue weighted by molar-refractivity contribution is 5.82. The highest BCUT2D eigenvalue weighted by atomic mass is 16.6. The van der Waals surface area contributed by atoms with Gasteiger partial charge in [0.1, 0.15) is 19.3 Å². The van der Waals surface area contributed by atoms with Crippen LogP contribution in [0.1, 0.15) is 37.3 Å². The maximum Gasteiger partial charge on any atom is 0.252 e. The summed E-state index contributed by atoms with van der Waals surface area (Å²) >= 11 is 0. The molecule has 0 radical (unpaired) electrons. The van der Waals surface area contributed by atoms with Crippen LogP contribution in [0.2, 0.25) is 0 Å². The summed E-state index contributed by atoms with van der Waals surface area (Å²) in [5.41, 5.74) is 1.13. The highest BCUT2D eigenvalue weighted by Crippen LogP contribution is 2.38. The fraction of sp³-hybridized carbons (Fsp3) is 0.588. The van der Waals surface area contributed by atoms with Crippen LogP contribution in [0.3, 0.4) is 0 Å². The van der Waals surface area contributed by atoms with Gasteiger partial charge in [-0.15, -0.1) is 0 Å². The van der Waals surface area contributed by atoms with Crippen LogP contribution in [0.15, 0.2) is 18.2 Å². The number of likely N-dealkylation sites (tertiary alicyclic amines) is 1. The van der Waals surface area contributed by atoms with Gasteiger partial charge in [-0.1, -0.05) is 6.07 Å². The largest absolute Gasteiger partial charge is 0.486 e. The minimum atomic E-state index is -0.238. The molecule has 0 unspecified atom stereocenters. The summed E-state index contributed by atoms with van der Waals surface area (Å²) in [4.78, 5) is 14.7. The van der Waals surface area contributed by atoms with Crippen molar-refractivity contribution < 1.29 is 19.0 Å². The molecule has 2 saturated heterocycles. The summed E-state index contributed by atoms with van der Waals surface area (Å²) in [6.07, 6.45) is 3.63. The summed E-state index contributed by atoms with van der Waals surface area (Å²) in [7, 11) is 0. The molecule has 0 bridgehead atoms. The fourth-order valence-corrected chi connectivity index (χ4v) is 3.60. The molecule has 22 heavy (non-hydrogen) atoms. The summed E-state index contributed by atoms with van der Waals surface area (Å²) in [5, 5.41) is 0. The van der Waals surface area contributed by atoms with E-state index in [1.165, 1.54) is 0 Å². The first-order valence-corrected chi connectivity index (χ1v) is 8.14. The third-order valence-electron chi connectivity index (χ3n) is 4.69. The van der Waals surface area contributed by atoms with E-state index in [-0.39, 0.29) is 18.1 Å². The van der Waals surface area contributed by atoms with Crippen molar-refractivity contribution in [1.29, 1.82) is 0 Å². The second-order valence-electron chi connectivity index (χ2n) is 6.09. The van der Waals surface area contributed by atoms with Crippen LogP contribution >= 0.6 is 0 Å². The van der Waals surface area contributed by atoms with Gasteiger partial charge < -0.3 is 19.1 Å². The zero-order valence-corrected chi connectivity index (χ0v) is 12.6. The molecule has 4 rings (SSSR count).